The van der Waals surface area contributed by atoms with Gasteiger partial charge in [-0.1, -0.05) is 6.92 Å². The first-order valence-corrected chi connectivity index (χ1v) is 11.1. The summed E-state index contributed by atoms with van der Waals surface area (Å²) in [6, 6.07) is 0. The summed E-state index contributed by atoms with van der Waals surface area (Å²) in [4.78, 5) is 2.35. The molecule has 0 atom stereocenters. The van der Waals surface area contributed by atoms with Gasteiger partial charge in [0.05, 0.1) is 19.9 Å². The van der Waals surface area contributed by atoms with Crippen molar-refractivity contribution in [2.75, 3.05) is 68.1 Å². The van der Waals surface area contributed by atoms with Crippen molar-refractivity contribution in [2.24, 2.45) is 0 Å². The van der Waals surface area contributed by atoms with Crippen LogP contribution in [0.2, 0.25) is 0 Å². The number of nitrogens with zero attached hydrogens (tertiary/aromatic N) is 1. The molecule has 0 aliphatic heterocycles. The minimum atomic E-state index is 0.238. The number of aliphatic hydroxyl groups is 2. The van der Waals surface area contributed by atoms with Crippen molar-refractivity contribution in [3.63, 3.8) is 0 Å². The third-order valence-corrected chi connectivity index (χ3v) is 5.55. The van der Waals surface area contributed by atoms with Crippen LogP contribution >= 0.6 is 35.3 Å². The average molecular weight is 373 g/mol. The van der Waals surface area contributed by atoms with E-state index in [0.717, 1.165) is 49.1 Å². The fraction of sp³-hybridized carbons (Fsp3) is 1.00. The SMILES string of the molecule is CCCSCN(CNCNCNCSCCO)CSCCO. The van der Waals surface area contributed by atoms with E-state index in [1.54, 1.807) is 23.5 Å². The minimum Gasteiger partial charge on any atom is -0.396 e. The van der Waals surface area contributed by atoms with Crippen LogP contribution in [-0.2, 0) is 0 Å². The maximum Gasteiger partial charge on any atom is 0.0522 e. The lowest BCUT2D eigenvalue weighted by Gasteiger charge is -2.22. The zero-order valence-corrected chi connectivity index (χ0v) is 16.0. The van der Waals surface area contributed by atoms with Crippen LogP contribution in [-0.4, -0.2) is 83.2 Å². The van der Waals surface area contributed by atoms with E-state index in [-0.39, 0.29) is 13.2 Å². The zero-order chi connectivity index (χ0) is 16.3. The molecular weight excluding hydrogens is 340 g/mol. The number of nitrogens with one attached hydrogen (secondary N) is 3. The summed E-state index contributed by atoms with van der Waals surface area (Å²) in [5, 5.41) is 27.4. The van der Waals surface area contributed by atoms with Gasteiger partial charge in [0, 0.05) is 42.5 Å². The Bertz CT molecular complexity index is 210. The van der Waals surface area contributed by atoms with Gasteiger partial charge in [0.2, 0.25) is 0 Å². The fourth-order valence-corrected chi connectivity index (χ4v) is 3.63. The molecule has 0 aliphatic carbocycles. The monoisotopic (exact) mass is 372 g/mol. The van der Waals surface area contributed by atoms with Crippen molar-refractivity contribution in [3.8, 4) is 0 Å². The molecule has 0 heterocycles. The molecule has 9 heteroatoms. The zero-order valence-electron chi connectivity index (χ0n) is 13.6. The van der Waals surface area contributed by atoms with Gasteiger partial charge in [-0.2, -0.15) is 0 Å². The highest BCUT2D eigenvalue weighted by Crippen LogP contribution is 2.09. The van der Waals surface area contributed by atoms with Gasteiger partial charge in [0.15, 0.2) is 0 Å². The molecule has 0 saturated heterocycles. The number of thioether (sulfide) groups is 3. The van der Waals surface area contributed by atoms with Crippen LogP contribution in [0.15, 0.2) is 0 Å². The fourth-order valence-electron chi connectivity index (χ4n) is 1.44. The molecule has 0 amide bonds. The molecule has 0 spiro atoms. The second-order valence-electron chi connectivity index (χ2n) is 4.51. The summed E-state index contributed by atoms with van der Waals surface area (Å²) in [7, 11) is 0. The van der Waals surface area contributed by atoms with Gasteiger partial charge < -0.3 is 10.2 Å². The molecule has 5 N–H and O–H groups in total. The first-order chi connectivity index (χ1) is 10.8. The summed E-state index contributed by atoms with van der Waals surface area (Å²) in [5.74, 6) is 5.58. The van der Waals surface area contributed by atoms with Crippen LogP contribution in [0.3, 0.4) is 0 Å². The van der Waals surface area contributed by atoms with E-state index in [1.165, 1.54) is 12.2 Å². The van der Waals surface area contributed by atoms with Gasteiger partial charge in [-0.3, -0.25) is 20.9 Å². The summed E-state index contributed by atoms with van der Waals surface area (Å²) >= 11 is 5.41. The normalized spacial score (nSPS) is 11.5. The second kappa shape index (κ2) is 19.9. The number of aliphatic hydroxyl groups excluding tert-OH is 2. The van der Waals surface area contributed by atoms with Crippen LogP contribution in [0.1, 0.15) is 13.3 Å². The molecule has 0 saturated carbocycles. The van der Waals surface area contributed by atoms with E-state index >= 15 is 0 Å². The Morgan fingerprint density at radius 3 is 2.14 bits per heavy atom. The van der Waals surface area contributed by atoms with E-state index in [9.17, 15) is 0 Å². The predicted octanol–water partition coefficient (Wildman–Crippen LogP) is 0.396. The van der Waals surface area contributed by atoms with Gasteiger partial charge >= 0.3 is 0 Å². The highest BCUT2D eigenvalue weighted by molar-refractivity contribution is 8.00. The lowest BCUT2D eigenvalue weighted by atomic mass is 10.6. The number of hydrogen-bond acceptors (Lipinski definition) is 9. The van der Waals surface area contributed by atoms with Crippen LogP contribution in [0.25, 0.3) is 0 Å². The van der Waals surface area contributed by atoms with E-state index in [2.05, 4.69) is 27.8 Å². The smallest absolute Gasteiger partial charge is 0.0522 e. The van der Waals surface area contributed by atoms with Crippen molar-refractivity contribution in [1.29, 1.82) is 0 Å². The topological polar surface area (TPSA) is 79.8 Å². The molecule has 0 bridgehead atoms. The lowest BCUT2D eigenvalue weighted by Crippen LogP contribution is -2.41. The number of hydrogen-bond donors (Lipinski definition) is 5. The summed E-state index contributed by atoms with van der Waals surface area (Å²) in [6.07, 6.45) is 1.21. The van der Waals surface area contributed by atoms with Gasteiger partial charge in [0.25, 0.3) is 0 Å². The van der Waals surface area contributed by atoms with Gasteiger partial charge in [-0.15, -0.1) is 35.3 Å². The molecule has 134 valence electrons. The Morgan fingerprint density at radius 2 is 1.45 bits per heavy atom. The van der Waals surface area contributed by atoms with Crippen molar-refractivity contribution in [2.45, 2.75) is 13.3 Å². The molecule has 0 aromatic carbocycles. The summed E-state index contributed by atoms with van der Waals surface area (Å²) in [6.45, 7) is 5.05. The maximum atomic E-state index is 8.85. The highest BCUT2D eigenvalue weighted by atomic mass is 32.2. The summed E-state index contributed by atoms with van der Waals surface area (Å²) < 4.78 is 0. The van der Waals surface area contributed by atoms with E-state index in [0.29, 0.717) is 0 Å². The molecule has 0 rings (SSSR count). The van der Waals surface area contributed by atoms with Crippen molar-refractivity contribution in [3.05, 3.63) is 0 Å². The molecule has 0 fully saturated rings. The maximum absolute atomic E-state index is 8.85. The molecule has 0 aliphatic rings. The Labute approximate surface area is 147 Å². The molecule has 0 radical (unpaired) electrons. The first kappa shape index (κ1) is 22.8. The molecule has 0 unspecified atom stereocenters. The van der Waals surface area contributed by atoms with Crippen LogP contribution in [0, 0.1) is 0 Å². The lowest BCUT2D eigenvalue weighted by molar-refractivity contribution is 0.319. The minimum absolute atomic E-state index is 0.238. The largest absolute Gasteiger partial charge is 0.396 e. The van der Waals surface area contributed by atoms with Crippen molar-refractivity contribution >= 4 is 35.3 Å². The van der Waals surface area contributed by atoms with Crippen LogP contribution < -0.4 is 16.0 Å². The Hall–Kier alpha value is 0.810. The first-order valence-electron chi connectivity index (χ1n) is 7.64. The van der Waals surface area contributed by atoms with Gasteiger partial charge in [-0.05, 0) is 12.2 Å². The average Bonchev–Trinajstić information content (AvgIpc) is 2.53. The number of rotatable bonds is 18. The summed E-state index contributed by atoms with van der Waals surface area (Å²) in [5.41, 5.74) is 0. The molecular formula is C13H32N4O2S3. The highest BCUT2D eigenvalue weighted by Gasteiger charge is 2.04. The quantitative estimate of drug-likeness (QED) is 0.173. The standard InChI is InChI=1S/C13H32N4O2S3/c1-2-5-21-12-17(13-22-7-4-19)10-15-8-14-9-16-11-20-6-3-18/h14-16,18-19H,2-13H2,1H3. The van der Waals surface area contributed by atoms with Gasteiger partial charge in [0.1, 0.15) is 0 Å². The third kappa shape index (κ3) is 17.2. The van der Waals surface area contributed by atoms with Crippen LogP contribution in [0.5, 0.6) is 0 Å². The Balaban J connectivity index is 3.51. The second-order valence-corrected chi connectivity index (χ2v) is 7.76. The molecule has 0 aromatic heterocycles. The van der Waals surface area contributed by atoms with E-state index in [4.69, 9.17) is 10.2 Å². The van der Waals surface area contributed by atoms with E-state index in [1.807, 2.05) is 11.8 Å². The molecule has 0 aromatic rings. The van der Waals surface area contributed by atoms with Crippen molar-refractivity contribution in [1.82, 2.24) is 20.9 Å². The predicted molar refractivity (Wildman–Crippen MR) is 102 cm³/mol. The third-order valence-electron chi connectivity index (χ3n) is 2.41. The van der Waals surface area contributed by atoms with E-state index < -0.39 is 0 Å². The Morgan fingerprint density at radius 1 is 0.818 bits per heavy atom. The molecule has 6 nitrogen and oxygen atoms in total. The van der Waals surface area contributed by atoms with Crippen molar-refractivity contribution < 1.29 is 10.2 Å². The Kier molecular flexibility index (Phi) is 20.6. The van der Waals surface area contributed by atoms with Crippen LogP contribution in [0.4, 0.5) is 0 Å². The molecule has 22 heavy (non-hydrogen) atoms. The van der Waals surface area contributed by atoms with Gasteiger partial charge in [-0.25, -0.2) is 0 Å².